The number of hydrogen-bond donors (Lipinski definition) is 4. The van der Waals surface area contributed by atoms with Crippen molar-refractivity contribution in [3.8, 4) is 0 Å². The minimum absolute atomic E-state index is 0.0833. The number of fused-ring (bicyclic) bond motifs is 5. The van der Waals surface area contributed by atoms with E-state index >= 15 is 0 Å². The van der Waals surface area contributed by atoms with Gasteiger partial charge in [-0.3, -0.25) is 0 Å². The Balaban J connectivity index is 1.68. The molecule has 0 bridgehead atoms. The fourth-order valence-corrected chi connectivity index (χ4v) is 9.44. The van der Waals surface area contributed by atoms with E-state index in [1.807, 2.05) is 0 Å². The predicted molar refractivity (Wildman–Crippen MR) is 157 cm³/mol. The highest BCUT2D eigenvalue weighted by Crippen LogP contribution is 2.68. The molecule has 10 atom stereocenters. The van der Waals surface area contributed by atoms with E-state index in [0.29, 0.717) is 49.2 Å². The minimum Gasteiger partial charge on any atom is -0.396 e. The van der Waals surface area contributed by atoms with Gasteiger partial charge in [0, 0.05) is 31.8 Å². The van der Waals surface area contributed by atoms with E-state index in [9.17, 15) is 5.11 Å². The summed E-state index contributed by atoms with van der Waals surface area (Å²) in [6, 6.07) is 0. The zero-order chi connectivity index (χ0) is 28.0. The van der Waals surface area contributed by atoms with Crippen molar-refractivity contribution in [3.63, 3.8) is 0 Å². The van der Waals surface area contributed by atoms with Crippen molar-refractivity contribution in [3.05, 3.63) is 11.6 Å². The van der Waals surface area contributed by atoms with E-state index in [1.165, 1.54) is 18.4 Å². The number of aliphatic hydroxyl groups is 1. The molecule has 3 unspecified atom stereocenters. The molecule has 0 aromatic carbocycles. The highest BCUT2D eigenvalue weighted by molar-refractivity contribution is 5.28. The Hall–Kier alpha value is -0.540. The van der Waals surface area contributed by atoms with Crippen molar-refractivity contribution < 1.29 is 19.3 Å². The average molecular weight is 550 g/mol. The molecular weight excluding hydrogens is 490 g/mol. The fourth-order valence-electron chi connectivity index (χ4n) is 9.44. The molecule has 7 N–H and O–H groups in total. The van der Waals surface area contributed by atoms with Crippen molar-refractivity contribution in [1.29, 1.82) is 0 Å². The zero-order valence-corrected chi connectivity index (χ0v) is 25.1. The van der Waals surface area contributed by atoms with E-state index in [-0.39, 0.29) is 35.7 Å². The summed E-state index contributed by atoms with van der Waals surface area (Å²) in [6.45, 7) is 11.9. The second-order valence-electron chi connectivity index (χ2n) is 13.5. The molecule has 3 fully saturated rings. The third-order valence-corrected chi connectivity index (χ3v) is 11.5. The van der Waals surface area contributed by atoms with Gasteiger partial charge in [0.2, 0.25) is 0 Å². The highest BCUT2D eigenvalue weighted by Gasteiger charge is 2.65. The summed E-state index contributed by atoms with van der Waals surface area (Å²) in [5.41, 5.74) is 19.3. The zero-order valence-electron chi connectivity index (χ0n) is 25.1. The van der Waals surface area contributed by atoms with Crippen molar-refractivity contribution >= 4 is 0 Å². The molecule has 4 aliphatic rings. The predicted octanol–water partition coefficient (Wildman–Crippen LogP) is 4.01. The Labute approximate surface area is 237 Å². The smallest absolute Gasteiger partial charge is 0.0758 e. The van der Waals surface area contributed by atoms with E-state index < -0.39 is 0 Å². The van der Waals surface area contributed by atoms with Gasteiger partial charge in [0.05, 0.1) is 18.3 Å². The molecule has 4 rings (SSSR count). The van der Waals surface area contributed by atoms with E-state index in [2.05, 4.69) is 26.8 Å². The molecule has 4 aliphatic carbocycles. The van der Waals surface area contributed by atoms with E-state index in [4.69, 9.17) is 31.4 Å². The first-order valence-electron chi connectivity index (χ1n) is 16.1. The first kappa shape index (κ1) is 31.4. The quantitative estimate of drug-likeness (QED) is 0.180. The average Bonchev–Trinajstić information content (AvgIpc) is 3.28. The van der Waals surface area contributed by atoms with Gasteiger partial charge in [-0.2, -0.15) is 0 Å². The van der Waals surface area contributed by atoms with E-state index in [0.717, 1.165) is 71.2 Å². The summed E-state index contributed by atoms with van der Waals surface area (Å²) in [5, 5.41) is 9.82. The second-order valence-corrected chi connectivity index (χ2v) is 13.5. The van der Waals surface area contributed by atoms with Crippen LogP contribution in [0.2, 0.25) is 0 Å². The molecule has 0 radical (unpaired) electrons. The lowest BCUT2D eigenvalue weighted by atomic mass is 9.45. The van der Waals surface area contributed by atoms with Crippen LogP contribution in [0.1, 0.15) is 85.0 Å². The molecule has 39 heavy (non-hydrogen) atoms. The molecule has 0 amide bonds. The molecule has 3 saturated carbocycles. The maximum atomic E-state index is 9.82. The largest absolute Gasteiger partial charge is 0.396 e. The Bertz CT molecular complexity index is 795. The minimum atomic E-state index is 0.0833. The summed E-state index contributed by atoms with van der Waals surface area (Å²) in [4.78, 5) is 0. The van der Waals surface area contributed by atoms with Crippen molar-refractivity contribution in [2.24, 2.45) is 57.6 Å². The van der Waals surface area contributed by atoms with Crippen molar-refractivity contribution in [1.82, 2.24) is 0 Å². The highest BCUT2D eigenvalue weighted by atomic mass is 16.5. The monoisotopic (exact) mass is 549 g/mol. The van der Waals surface area contributed by atoms with Gasteiger partial charge in [-0.25, -0.2) is 0 Å². The Morgan fingerprint density at radius 3 is 2.26 bits per heavy atom. The number of nitrogens with two attached hydrogens (primary N) is 3. The van der Waals surface area contributed by atoms with Gasteiger partial charge < -0.3 is 36.5 Å². The Kier molecular flexibility index (Phi) is 11.3. The molecule has 0 heterocycles. The second kappa shape index (κ2) is 14.1. The van der Waals surface area contributed by atoms with Gasteiger partial charge in [0.1, 0.15) is 0 Å². The van der Waals surface area contributed by atoms with Gasteiger partial charge in [0.15, 0.2) is 0 Å². The third kappa shape index (κ3) is 6.30. The summed E-state index contributed by atoms with van der Waals surface area (Å²) in [7, 11) is 0. The van der Waals surface area contributed by atoms with E-state index in [1.54, 1.807) is 0 Å². The summed E-state index contributed by atoms with van der Waals surface area (Å²) < 4.78 is 19.9. The lowest BCUT2D eigenvalue weighted by molar-refractivity contribution is -0.194. The molecule has 7 heteroatoms. The number of aliphatic hydroxyl groups excluding tert-OH is 1. The van der Waals surface area contributed by atoms with Crippen LogP contribution in [-0.2, 0) is 14.2 Å². The van der Waals surface area contributed by atoms with Crippen molar-refractivity contribution in [2.75, 3.05) is 46.1 Å². The lowest BCUT2D eigenvalue weighted by Gasteiger charge is -2.63. The molecule has 0 aromatic heterocycles. The lowest BCUT2D eigenvalue weighted by Crippen LogP contribution is -2.61. The number of ether oxygens (including phenoxy) is 3. The van der Waals surface area contributed by atoms with Crippen LogP contribution in [0.5, 0.6) is 0 Å². The van der Waals surface area contributed by atoms with Gasteiger partial charge in [-0.1, -0.05) is 32.4 Å². The molecule has 0 aliphatic heterocycles. The van der Waals surface area contributed by atoms with Gasteiger partial charge in [-0.15, -0.1) is 0 Å². The summed E-state index contributed by atoms with van der Waals surface area (Å²) in [5.74, 6) is 2.64. The Morgan fingerprint density at radius 2 is 1.59 bits per heavy atom. The SMILES string of the molecule is CC(CCO)C1CC[C@H]2C3[C@H](OCCCN)CC4=C[C@H](OCCCN)CC[C@]4(C)[C@H]3C[C@H](OCCCN)[C@]12C. The first-order valence-corrected chi connectivity index (χ1v) is 16.1. The molecule has 0 saturated heterocycles. The van der Waals surface area contributed by atoms with Crippen LogP contribution in [0.15, 0.2) is 11.6 Å². The third-order valence-electron chi connectivity index (χ3n) is 11.5. The maximum absolute atomic E-state index is 9.82. The fraction of sp³-hybridized carbons (Fsp3) is 0.938. The molecule has 0 spiro atoms. The van der Waals surface area contributed by atoms with Gasteiger partial charge >= 0.3 is 0 Å². The summed E-state index contributed by atoms with van der Waals surface area (Å²) in [6.07, 6.45) is 13.4. The van der Waals surface area contributed by atoms with Crippen molar-refractivity contribution in [2.45, 2.75) is 103 Å². The molecule has 226 valence electrons. The maximum Gasteiger partial charge on any atom is 0.0758 e. The van der Waals surface area contributed by atoms with Gasteiger partial charge in [0.25, 0.3) is 0 Å². The molecular formula is C32H59N3O4. The van der Waals surface area contributed by atoms with Crippen LogP contribution in [0, 0.1) is 40.4 Å². The van der Waals surface area contributed by atoms with Crippen LogP contribution < -0.4 is 17.2 Å². The molecule has 0 aromatic rings. The van der Waals surface area contributed by atoms with Gasteiger partial charge in [-0.05, 0) is 119 Å². The number of rotatable bonds is 15. The van der Waals surface area contributed by atoms with Crippen LogP contribution in [0.4, 0.5) is 0 Å². The normalized spacial score (nSPS) is 40.5. The summed E-state index contributed by atoms with van der Waals surface area (Å²) >= 11 is 0. The van der Waals surface area contributed by atoms with Crippen LogP contribution in [0.3, 0.4) is 0 Å². The molecule has 7 nitrogen and oxygen atoms in total. The number of hydrogen-bond acceptors (Lipinski definition) is 7. The van der Waals surface area contributed by atoms with Crippen LogP contribution in [0.25, 0.3) is 0 Å². The topological polar surface area (TPSA) is 126 Å². The first-order chi connectivity index (χ1) is 18.8. The van der Waals surface area contributed by atoms with Crippen LogP contribution >= 0.6 is 0 Å². The van der Waals surface area contributed by atoms with Crippen LogP contribution in [-0.4, -0.2) is 69.5 Å². The Morgan fingerprint density at radius 1 is 0.923 bits per heavy atom. The standard InChI is InChI=1S/C32H59N3O4/c1-22(10-15-36)25-7-8-26-30-27(21-29(32(25,26)3)39-18-6-14-35)31(2)11-9-24(37-16-4-12-33)19-23(31)20-28(30)38-17-5-13-34/h19,22,24-30,36H,4-18,20-21,33-35H2,1-3H3/t22?,24-,25?,26+,27+,28-,29+,30?,31+,32-/m1/s1.